The number of fused-ring (bicyclic) bond motifs is 1. The average molecular weight is 283 g/mol. The molecular formula is C17H17NOS. The maximum atomic E-state index is 11.6. The number of hydrogen-bond donors (Lipinski definition) is 1. The van der Waals surface area contributed by atoms with Crippen molar-refractivity contribution < 1.29 is 4.79 Å². The van der Waals surface area contributed by atoms with Gasteiger partial charge in [-0.05, 0) is 51.0 Å². The lowest BCUT2D eigenvalue weighted by Gasteiger charge is -2.00. The minimum atomic E-state index is 0.776. The van der Waals surface area contributed by atoms with Crippen LogP contribution in [0.15, 0.2) is 18.2 Å². The first-order valence-electron chi connectivity index (χ1n) is 6.66. The second-order valence-electron chi connectivity index (χ2n) is 5.36. The fourth-order valence-electron chi connectivity index (χ4n) is 2.96. The molecular weight excluding hydrogens is 266 g/mol. The Labute approximate surface area is 122 Å². The van der Waals surface area contributed by atoms with E-state index in [0.717, 1.165) is 39.6 Å². The first-order chi connectivity index (χ1) is 9.51. The van der Waals surface area contributed by atoms with Gasteiger partial charge in [-0.25, -0.2) is 0 Å². The Kier molecular flexibility index (Phi) is 3.02. The molecule has 0 fully saturated rings. The lowest BCUT2D eigenvalue weighted by Crippen LogP contribution is -1.85. The summed E-state index contributed by atoms with van der Waals surface area (Å²) in [7, 11) is 0. The Balaban J connectivity index is 2.39. The van der Waals surface area contributed by atoms with Crippen LogP contribution in [0.25, 0.3) is 22.2 Å². The van der Waals surface area contributed by atoms with Gasteiger partial charge in [-0.2, -0.15) is 0 Å². The van der Waals surface area contributed by atoms with Crippen LogP contribution in [0, 0.1) is 27.7 Å². The summed E-state index contributed by atoms with van der Waals surface area (Å²) in [4.78, 5) is 17.6. The van der Waals surface area contributed by atoms with Crippen molar-refractivity contribution in [3.05, 3.63) is 44.6 Å². The largest absolute Gasteiger partial charge is 0.354 e. The highest BCUT2D eigenvalue weighted by Gasteiger charge is 2.17. The molecule has 0 amide bonds. The van der Waals surface area contributed by atoms with Crippen LogP contribution in [0.2, 0.25) is 0 Å². The monoisotopic (exact) mass is 283 g/mol. The Bertz CT molecular complexity index is 823. The third-order valence-corrected chi connectivity index (χ3v) is 4.67. The highest BCUT2D eigenvalue weighted by Crippen LogP contribution is 2.36. The van der Waals surface area contributed by atoms with Crippen LogP contribution < -0.4 is 0 Å². The molecule has 0 spiro atoms. The van der Waals surface area contributed by atoms with Crippen molar-refractivity contribution in [3.8, 4) is 11.3 Å². The molecule has 0 aliphatic carbocycles. The average Bonchev–Trinajstić information content (AvgIpc) is 2.88. The van der Waals surface area contributed by atoms with E-state index in [1.54, 1.807) is 11.3 Å². The summed E-state index contributed by atoms with van der Waals surface area (Å²) in [5.41, 5.74) is 6.27. The van der Waals surface area contributed by atoms with E-state index in [0.29, 0.717) is 0 Å². The Morgan fingerprint density at radius 2 is 1.85 bits per heavy atom. The fraction of sp³-hybridized carbons (Fsp3) is 0.235. The molecule has 0 saturated carbocycles. The minimum absolute atomic E-state index is 0.776. The maximum absolute atomic E-state index is 11.6. The zero-order chi connectivity index (χ0) is 14.4. The summed E-state index contributed by atoms with van der Waals surface area (Å²) in [6.45, 7) is 8.34. The summed E-state index contributed by atoms with van der Waals surface area (Å²) in [6.07, 6.45) is 0.975. The Hall–Kier alpha value is -1.87. The molecule has 0 bridgehead atoms. The third-order valence-electron chi connectivity index (χ3n) is 3.71. The molecule has 3 aromatic rings. The molecule has 0 unspecified atom stereocenters. The summed E-state index contributed by atoms with van der Waals surface area (Å²) in [6, 6.07) is 6.38. The van der Waals surface area contributed by atoms with E-state index >= 15 is 0 Å². The molecule has 0 saturated heterocycles. The van der Waals surface area contributed by atoms with Crippen molar-refractivity contribution in [2.45, 2.75) is 27.7 Å². The topological polar surface area (TPSA) is 32.9 Å². The molecule has 0 aliphatic rings. The van der Waals surface area contributed by atoms with Crippen LogP contribution in [0.1, 0.15) is 31.2 Å². The molecule has 0 aliphatic heterocycles. The van der Waals surface area contributed by atoms with Gasteiger partial charge in [0.25, 0.3) is 0 Å². The fourth-order valence-corrected chi connectivity index (χ4v) is 3.89. The number of H-pyrrole nitrogens is 1. The quantitative estimate of drug-likeness (QED) is 0.664. The molecule has 102 valence electrons. The molecule has 2 nitrogen and oxygen atoms in total. The van der Waals surface area contributed by atoms with Gasteiger partial charge in [0.05, 0.1) is 5.69 Å². The predicted molar refractivity (Wildman–Crippen MR) is 85.9 cm³/mol. The lowest BCUT2D eigenvalue weighted by molar-refractivity contribution is 0.112. The number of aromatic nitrogens is 1. The van der Waals surface area contributed by atoms with Crippen molar-refractivity contribution in [3.63, 3.8) is 0 Å². The number of aryl methyl sites for hydroxylation is 4. The molecule has 2 heterocycles. The number of hydrogen-bond acceptors (Lipinski definition) is 2. The van der Waals surface area contributed by atoms with Crippen molar-refractivity contribution in [2.24, 2.45) is 0 Å². The van der Waals surface area contributed by atoms with Gasteiger partial charge in [0, 0.05) is 31.8 Å². The molecule has 20 heavy (non-hydrogen) atoms. The number of aromatic amines is 1. The van der Waals surface area contributed by atoms with E-state index in [-0.39, 0.29) is 0 Å². The van der Waals surface area contributed by atoms with E-state index in [4.69, 9.17) is 0 Å². The zero-order valence-electron chi connectivity index (χ0n) is 12.1. The van der Waals surface area contributed by atoms with E-state index in [2.05, 4.69) is 50.9 Å². The highest BCUT2D eigenvalue weighted by molar-refractivity contribution is 7.12. The maximum Gasteiger partial charge on any atom is 0.152 e. The van der Waals surface area contributed by atoms with Crippen LogP contribution in [-0.4, -0.2) is 11.3 Å². The van der Waals surface area contributed by atoms with Crippen molar-refractivity contribution >= 4 is 28.5 Å². The normalized spacial score (nSPS) is 11.2. The van der Waals surface area contributed by atoms with E-state index in [1.165, 1.54) is 15.3 Å². The summed E-state index contributed by atoms with van der Waals surface area (Å²) < 4.78 is 0. The van der Waals surface area contributed by atoms with E-state index < -0.39 is 0 Å². The number of rotatable bonds is 2. The lowest BCUT2D eigenvalue weighted by atomic mass is 10.0. The zero-order valence-corrected chi connectivity index (χ0v) is 12.9. The molecule has 1 aromatic carbocycles. The van der Waals surface area contributed by atoms with Crippen molar-refractivity contribution in [1.82, 2.24) is 4.98 Å². The summed E-state index contributed by atoms with van der Waals surface area (Å²) in [5.74, 6) is 0. The van der Waals surface area contributed by atoms with Crippen LogP contribution >= 0.6 is 11.3 Å². The first kappa shape index (κ1) is 13.1. The number of nitrogens with one attached hydrogen (secondary N) is 1. The number of thiophene rings is 1. The van der Waals surface area contributed by atoms with Gasteiger partial charge in [-0.15, -0.1) is 11.3 Å². The number of benzene rings is 1. The van der Waals surface area contributed by atoms with Crippen LogP contribution in [0.3, 0.4) is 0 Å². The van der Waals surface area contributed by atoms with E-state index in [1.807, 2.05) is 0 Å². The van der Waals surface area contributed by atoms with Crippen LogP contribution in [0.4, 0.5) is 0 Å². The van der Waals surface area contributed by atoms with E-state index in [9.17, 15) is 4.79 Å². The van der Waals surface area contributed by atoms with Crippen molar-refractivity contribution in [2.75, 3.05) is 0 Å². The van der Waals surface area contributed by atoms with Crippen LogP contribution in [0.5, 0.6) is 0 Å². The van der Waals surface area contributed by atoms with Crippen LogP contribution in [-0.2, 0) is 0 Å². The second kappa shape index (κ2) is 4.60. The summed E-state index contributed by atoms with van der Waals surface area (Å²) in [5, 5.41) is 1.05. The third kappa shape index (κ3) is 1.90. The standard InChI is InChI=1S/C17H17NOS/c1-9-5-10(2)16-14(8-19)17(18-15(16)6-9)13-7-11(3)20-12(13)4/h5-8,18H,1-4H3. The molecule has 1 N–H and O–H groups in total. The predicted octanol–water partition coefficient (Wildman–Crippen LogP) is 4.94. The minimum Gasteiger partial charge on any atom is -0.354 e. The van der Waals surface area contributed by atoms with Gasteiger partial charge in [-0.1, -0.05) is 6.07 Å². The Morgan fingerprint density at radius 3 is 2.45 bits per heavy atom. The van der Waals surface area contributed by atoms with Crippen molar-refractivity contribution in [1.29, 1.82) is 0 Å². The molecule has 3 heteroatoms. The molecule has 0 radical (unpaired) electrons. The van der Waals surface area contributed by atoms with Gasteiger partial charge in [-0.3, -0.25) is 4.79 Å². The van der Waals surface area contributed by atoms with Gasteiger partial charge >= 0.3 is 0 Å². The molecule has 0 atom stereocenters. The molecule has 3 rings (SSSR count). The number of carbonyl (C=O) groups is 1. The van der Waals surface area contributed by atoms with Gasteiger partial charge < -0.3 is 4.98 Å². The SMILES string of the molecule is Cc1cc(C)c2c(C=O)c(-c3cc(C)sc3C)[nH]c2c1. The number of aldehydes is 1. The Morgan fingerprint density at radius 1 is 1.10 bits per heavy atom. The highest BCUT2D eigenvalue weighted by atomic mass is 32.1. The van der Waals surface area contributed by atoms with Gasteiger partial charge in [0.1, 0.15) is 0 Å². The molecule has 2 aromatic heterocycles. The number of carbonyl (C=O) groups excluding carboxylic acids is 1. The van der Waals surface area contributed by atoms with Gasteiger partial charge in [0.15, 0.2) is 6.29 Å². The summed E-state index contributed by atoms with van der Waals surface area (Å²) >= 11 is 1.76. The second-order valence-corrected chi connectivity index (χ2v) is 6.82. The first-order valence-corrected chi connectivity index (χ1v) is 7.48. The van der Waals surface area contributed by atoms with Gasteiger partial charge in [0.2, 0.25) is 0 Å². The smallest absolute Gasteiger partial charge is 0.152 e.